The molecule has 0 spiro atoms. The van der Waals surface area contributed by atoms with Crippen molar-refractivity contribution in [2.45, 2.75) is 19.1 Å². The largest absolute Gasteiger partial charge is 0.439 e. The Balaban J connectivity index is 1.33. The number of oxime groups is 1. The lowest BCUT2D eigenvalue weighted by Gasteiger charge is -2.07. The standard InChI is InChI=1S/C20H17N3O3/c24-20(16-11-17(26-23-16)14-7-3-1-4-8-14)22-13-19-21-12-18(25-19)15-9-5-2-6-10-15/h1-10,12,17H,11,13H2,(H,22,24)/t17-/m1/s1. The maximum Gasteiger partial charge on any atom is 0.269 e. The SMILES string of the molecule is O=C(NCc1ncc(-c2ccccc2)o1)C1=NO[C@@H](c2ccccc2)C1. The van der Waals surface area contributed by atoms with Crippen molar-refractivity contribution in [1.29, 1.82) is 0 Å². The van der Waals surface area contributed by atoms with E-state index in [0.717, 1.165) is 11.1 Å². The number of nitrogens with zero attached hydrogens (tertiary/aromatic N) is 2. The van der Waals surface area contributed by atoms with Crippen LogP contribution in [-0.2, 0) is 16.2 Å². The monoisotopic (exact) mass is 347 g/mol. The zero-order valence-electron chi connectivity index (χ0n) is 14.0. The van der Waals surface area contributed by atoms with Crippen LogP contribution in [0.5, 0.6) is 0 Å². The molecule has 0 radical (unpaired) electrons. The molecule has 4 rings (SSSR count). The van der Waals surface area contributed by atoms with Gasteiger partial charge < -0.3 is 14.6 Å². The van der Waals surface area contributed by atoms with Crippen molar-refractivity contribution in [1.82, 2.24) is 10.3 Å². The molecule has 0 saturated heterocycles. The van der Waals surface area contributed by atoms with E-state index >= 15 is 0 Å². The van der Waals surface area contributed by atoms with Crippen LogP contribution in [-0.4, -0.2) is 16.6 Å². The van der Waals surface area contributed by atoms with Crippen molar-refractivity contribution in [2.75, 3.05) is 0 Å². The Labute approximate surface area is 150 Å². The molecular weight excluding hydrogens is 330 g/mol. The van der Waals surface area contributed by atoms with Crippen LogP contribution in [0.4, 0.5) is 0 Å². The second kappa shape index (κ2) is 7.23. The van der Waals surface area contributed by atoms with Crippen LogP contribution in [0.1, 0.15) is 24.0 Å². The van der Waals surface area contributed by atoms with Crippen LogP contribution in [0.25, 0.3) is 11.3 Å². The summed E-state index contributed by atoms with van der Waals surface area (Å²) in [6.45, 7) is 0.195. The molecular formula is C20H17N3O3. The lowest BCUT2D eigenvalue weighted by molar-refractivity contribution is -0.115. The lowest BCUT2D eigenvalue weighted by Crippen LogP contribution is -2.30. The van der Waals surface area contributed by atoms with E-state index in [9.17, 15) is 4.79 Å². The molecule has 2 heterocycles. The summed E-state index contributed by atoms with van der Waals surface area (Å²) in [5.74, 6) is 0.833. The number of nitrogens with one attached hydrogen (secondary N) is 1. The molecule has 26 heavy (non-hydrogen) atoms. The number of benzene rings is 2. The van der Waals surface area contributed by atoms with Crippen LogP contribution in [0, 0.1) is 0 Å². The Morgan fingerprint density at radius 2 is 1.81 bits per heavy atom. The van der Waals surface area contributed by atoms with Crippen molar-refractivity contribution >= 4 is 11.6 Å². The maximum absolute atomic E-state index is 12.3. The summed E-state index contributed by atoms with van der Waals surface area (Å²) >= 11 is 0. The van der Waals surface area contributed by atoms with E-state index in [1.165, 1.54) is 0 Å². The summed E-state index contributed by atoms with van der Waals surface area (Å²) in [5.41, 5.74) is 2.31. The van der Waals surface area contributed by atoms with E-state index in [4.69, 9.17) is 9.25 Å². The molecule has 0 fully saturated rings. The molecule has 0 unspecified atom stereocenters. The number of carbonyl (C=O) groups is 1. The molecule has 130 valence electrons. The minimum absolute atomic E-state index is 0.195. The van der Waals surface area contributed by atoms with Gasteiger partial charge in [0.1, 0.15) is 5.71 Å². The zero-order chi connectivity index (χ0) is 17.8. The molecule has 3 aromatic rings. The molecule has 6 nitrogen and oxygen atoms in total. The maximum atomic E-state index is 12.3. The van der Waals surface area contributed by atoms with Crippen LogP contribution >= 0.6 is 0 Å². The number of oxazole rings is 1. The molecule has 2 aromatic carbocycles. The first-order valence-electron chi connectivity index (χ1n) is 8.35. The van der Waals surface area contributed by atoms with Gasteiger partial charge in [0.25, 0.3) is 5.91 Å². The molecule has 0 aliphatic carbocycles. The smallest absolute Gasteiger partial charge is 0.269 e. The summed E-state index contributed by atoms with van der Waals surface area (Å²) in [5, 5.41) is 6.68. The van der Waals surface area contributed by atoms with Gasteiger partial charge in [-0.2, -0.15) is 0 Å². The van der Waals surface area contributed by atoms with Crippen molar-refractivity contribution < 1.29 is 14.0 Å². The van der Waals surface area contributed by atoms with Gasteiger partial charge in [0.05, 0.1) is 12.7 Å². The fourth-order valence-electron chi connectivity index (χ4n) is 2.74. The molecule has 1 amide bonds. The van der Waals surface area contributed by atoms with E-state index in [1.807, 2.05) is 60.7 Å². The highest BCUT2D eigenvalue weighted by molar-refractivity contribution is 6.39. The Kier molecular flexibility index (Phi) is 4.47. The quantitative estimate of drug-likeness (QED) is 0.767. The molecule has 1 aliphatic heterocycles. The average molecular weight is 347 g/mol. The highest BCUT2D eigenvalue weighted by Crippen LogP contribution is 2.27. The Hall–Kier alpha value is -3.41. The first-order chi connectivity index (χ1) is 12.8. The Morgan fingerprint density at radius 3 is 2.58 bits per heavy atom. The predicted octanol–water partition coefficient (Wildman–Crippen LogP) is 3.48. The normalized spacial score (nSPS) is 16.0. The summed E-state index contributed by atoms with van der Waals surface area (Å²) in [4.78, 5) is 21.9. The topological polar surface area (TPSA) is 76.7 Å². The minimum Gasteiger partial charge on any atom is -0.439 e. The summed E-state index contributed by atoms with van der Waals surface area (Å²) < 4.78 is 5.68. The second-order valence-electron chi connectivity index (χ2n) is 5.91. The van der Waals surface area contributed by atoms with Gasteiger partial charge in [-0.05, 0) is 5.56 Å². The van der Waals surface area contributed by atoms with E-state index in [2.05, 4.69) is 15.5 Å². The number of hydrogen-bond donors (Lipinski definition) is 1. The van der Waals surface area contributed by atoms with E-state index < -0.39 is 0 Å². The summed E-state index contributed by atoms with van der Waals surface area (Å²) in [7, 11) is 0. The molecule has 1 N–H and O–H groups in total. The second-order valence-corrected chi connectivity index (χ2v) is 5.91. The van der Waals surface area contributed by atoms with E-state index in [1.54, 1.807) is 6.20 Å². The molecule has 0 saturated carbocycles. The third-order valence-corrected chi connectivity index (χ3v) is 4.11. The van der Waals surface area contributed by atoms with E-state index in [-0.39, 0.29) is 18.6 Å². The summed E-state index contributed by atoms with van der Waals surface area (Å²) in [6.07, 6.45) is 1.87. The number of rotatable bonds is 5. The first-order valence-corrected chi connectivity index (χ1v) is 8.35. The van der Waals surface area contributed by atoms with Gasteiger partial charge in [0.2, 0.25) is 5.89 Å². The zero-order valence-corrected chi connectivity index (χ0v) is 14.0. The lowest BCUT2D eigenvalue weighted by atomic mass is 10.0. The van der Waals surface area contributed by atoms with Crippen LogP contribution < -0.4 is 5.32 Å². The van der Waals surface area contributed by atoms with Crippen LogP contribution in [0.15, 0.2) is 76.4 Å². The van der Waals surface area contributed by atoms with Crippen molar-refractivity contribution in [3.63, 3.8) is 0 Å². The fraction of sp³-hybridized carbons (Fsp3) is 0.150. The van der Waals surface area contributed by atoms with Gasteiger partial charge in [-0.1, -0.05) is 65.8 Å². The Morgan fingerprint density at radius 1 is 1.08 bits per heavy atom. The van der Waals surface area contributed by atoms with Crippen molar-refractivity contribution in [2.24, 2.45) is 5.16 Å². The Bertz CT molecular complexity index is 920. The van der Waals surface area contributed by atoms with Gasteiger partial charge in [-0.25, -0.2) is 4.98 Å². The number of carbonyl (C=O) groups excluding carboxylic acids is 1. The third kappa shape index (κ3) is 3.49. The fourth-order valence-corrected chi connectivity index (χ4v) is 2.74. The highest BCUT2D eigenvalue weighted by Gasteiger charge is 2.27. The highest BCUT2D eigenvalue weighted by atomic mass is 16.6. The van der Waals surface area contributed by atoms with Gasteiger partial charge in [0, 0.05) is 12.0 Å². The van der Waals surface area contributed by atoms with Crippen molar-refractivity contribution in [3.8, 4) is 11.3 Å². The third-order valence-electron chi connectivity index (χ3n) is 4.11. The van der Waals surface area contributed by atoms with Gasteiger partial charge >= 0.3 is 0 Å². The predicted molar refractivity (Wildman–Crippen MR) is 96.1 cm³/mol. The molecule has 6 heteroatoms. The minimum atomic E-state index is -0.275. The van der Waals surface area contributed by atoms with Crippen LogP contribution in [0.3, 0.4) is 0 Å². The van der Waals surface area contributed by atoms with Gasteiger partial charge in [-0.15, -0.1) is 0 Å². The van der Waals surface area contributed by atoms with Crippen molar-refractivity contribution in [3.05, 3.63) is 78.3 Å². The number of amides is 1. The van der Waals surface area contributed by atoms with Gasteiger partial charge in [-0.3, -0.25) is 4.79 Å². The average Bonchev–Trinajstić information content (AvgIpc) is 3.37. The summed E-state index contributed by atoms with van der Waals surface area (Å²) in [6, 6.07) is 19.4. The first kappa shape index (κ1) is 16.1. The molecule has 1 aliphatic rings. The number of hydrogen-bond acceptors (Lipinski definition) is 5. The van der Waals surface area contributed by atoms with Gasteiger partial charge in [0.15, 0.2) is 11.9 Å². The van der Waals surface area contributed by atoms with E-state index in [0.29, 0.717) is 23.8 Å². The van der Waals surface area contributed by atoms with Crippen LogP contribution in [0.2, 0.25) is 0 Å². The molecule has 1 aromatic heterocycles. The molecule has 1 atom stereocenters. The number of aromatic nitrogens is 1. The molecule has 0 bridgehead atoms.